The molecule has 192 valence electrons. The SMILES string of the molecule is C=CC(=O)N1CCN2C(=O)c3c(N4CC(C#N)CC4C)nc(-c4c(O)cccc4F)c(Cl)c3OC[C@H]2C1. The Labute approximate surface area is 218 Å². The van der Waals surface area contributed by atoms with E-state index in [1.807, 2.05) is 11.8 Å². The van der Waals surface area contributed by atoms with Gasteiger partial charge in [-0.3, -0.25) is 9.59 Å². The monoisotopic (exact) mass is 525 g/mol. The summed E-state index contributed by atoms with van der Waals surface area (Å²) in [5.74, 6) is -1.72. The highest BCUT2D eigenvalue weighted by atomic mass is 35.5. The topological polar surface area (TPSA) is 110 Å². The number of nitriles is 1. The largest absolute Gasteiger partial charge is 0.507 e. The minimum absolute atomic E-state index is 0.0397. The molecule has 2 fully saturated rings. The van der Waals surface area contributed by atoms with Gasteiger partial charge in [0.15, 0.2) is 5.75 Å². The fraction of sp³-hybridized carbons (Fsp3) is 0.385. The molecule has 9 nitrogen and oxygen atoms in total. The van der Waals surface area contributed by atoms with Crippen molar-refractivity contribution in [1.29, 1.82) is 5.26 Å². The van der Waals surface area contributed by atoms with Crippen LogP contribution in [0.1, 0.15) is 23.7 Å². The molecular weight excluding hydrogens is 501 g/mol. The summed E-state index contributed by atoms with van der Waals surface area (Å²) in [5.41, 5.74) is -0.142. The standard InChI is InChI=1S/C26H25ClFN5O4/c1-3-19(35)31-7-8-32-16(12-31)13-37-24-21(26(32)36)25(33-11-15(10-29)9-14(33)2)30-23(22(24)27)20-17(28)5-4-6-18(20)34/h3-6,14-16,34H,1,7-9,11-13H2,2H3/t14?,15?,16-/m1/s1. The first kappa shape index (κ1) is 24.8. The fourth-order valence-corrected chi connectivity index (χ4v) is 5.60. The van der Waals surface area contributed by atoms with Crippen molar-refractivity contribution in [3.63, 3.8) is 0 Å². The highest BCUT2D eigenvalue weighted by Gasteiger charge is 2.42. The highest BCUT2D eigenvalue weighted by Crippen LogP contribution is 2.47. The molecule has 0 spiro atoms. The maximum atomic E-state index is 14.9. The van der Waals surface area contributed by atoms with Crippen LogP contribution in [0.15, 0.2) is 30.9 Å². The number of nitrogens with zero attached hydrogens (tertiary/aromatic N) is 5. The summed E-state index contributed by atoms with van der Waals surface area (Å²) in [6, 6.07) is 5.55. The van der Waals surface area contributed by atoms with E-state index in [2.05, 4.69) is 17.6 Å². The van der Waals surface area contributed by atoms with Crippen molar-refractivity contribution in [2.75, 3.05) is 37.7 Å². The number of ether oxygens (including phenoxy) is 1. The van der Waals surface area contributed by atoms with Gasteiger partial charge in [0, 0.05) is 32.2 Å². The van der Waals surface area contributed by atoms with E-state index in [-0.39, 0.29) is 82.6 Å². The lowest BCUT2D eigenvalue weighted by atomic mass is 10.0. The molecule has 0 saturated carbocycles. The number of anilines is 1. The van der Waals surface area contributed by atoms with Crippen LogP contribution < -0.4 is 9.64 Å². The molecule has 2 saturated heterocycles. The van der Waals surface area contributed by atoms with E-state index < -0.39 is 11.9 Å². The zero-order valence-electron chi connectivity index (χ0n) is 20.2. The fourth-order valence-electron chi connectivity index (χ4n) is 5.32. The van der Waals surface area contributed by atoms with Crippen LogP contribution in [0.3, 0.4) is 0 Å². The molecule has 0 bridgehead atoms. The second-order valence-electron chi connectivity index (χ2n) is 9.45. The minimum Gasteiger partial charge on any atom is -0.507 e. The second kappa shape index (κ2) is 9.56. The average Bonchev–Trinajstić information content (AvgIpc) is 3.20. The lowest BCUT2D eigenvalue weighted by Gasteiger charge is -2.39. The molecule has 2 unspecified atom stereocenters. The predicted octanol–water partition coefficient (Wildman–Crippen LogP) is 3.22. The van der Waals surface area contributed by atoms with Crippen LogP contribution in [-0.2, 0) is 4.79 Å². The van der Waals surface area contributed by atoms with Crippen LogP contribution in [0, 0.1) is 23.1 Å². The van der Waals surface area contributed by atoms with Crippen molar-refractivity contribution in [3.05, 3.63) is 47.3 Å². The lowest BCUT2D eigenvalue weighted by Crippen LogP contribution is -2.57. The normalized spacial score (nSPS) is 23.0. The molecular formula is C26H25ClFN5O4. The quantitative estimate of drug-likeness (QED) is 0.613. The molecule has 0 aliphatic carbocycles. The van der Waals surface area contributed by atoms with Crippen molar-refractivity contribution >= 4 is 29.2 Å². The Balaban J connectivity index is 1.68. The molecule has 5 rings (SSSR count). The van der Waals surface area contributed by atoms with Crippen molar-refractivity contribution in [1.82, 2.24) is 14.8 Å². The maximum absolute atomic E-state index is 14.9. The molecule has 4 heterocycles. The van der Waals surface area contributed by atoms with Gasteiger partial charge in [0.2, 0.25) is 5.91 Å². The van der Waals surface area contributed by atoms with Crippen molar-refractivity contribution < 1.29 is 23.8 Å². The van der Waals surface area contributed by atoms with E-state index in [9.17, 15) is 24.3 Å². The van der Waals surface area contributed by atoms with Crippen LogP contribution in [0.5, 0.6) is 11.5 Å². The van der Waals surface area contributed by atoms with E-state index in [0.717, 1.165) is 0 Å². The van der Waals surface area contributed by atoms with Gasteiger partial charge in [0.25, 0.3) is 5.91 Å². The molecule has 11 heteroatoms. The number of carbonyl (C=O) groups excluding carboxylic acids is 2. The van der Waals surface area contributed by atoms with Crippen LogP contribution in [0.4, 0.5) is 10.2 Å². The Kier molecular flexibility index (Phi) is 6.42. The lowest BCUT2D eigenvalue weighted by molar-refractivity contribution is -0.128. The Morgan fingerprint density at radius 3 is 2.78 bits per heavy atom. The molecule has 1 aromatic heterocycles. The molecule has 2 aromatic rings. The van der Waals surface area contributed by atoms with Gasteiger partial charge in [-0.15, -0.1) is 0 Å². The van der Waals surface area contributed by atoms with E-state index in [1.165, 1.54) is 24.3 Å². The van der Waals surface area contributed by atoms with E-state index in [0.29, 0.717) is 19.5 Å². The Bertz CT molecular complexity index is 1320. The number of carbonyl (C=O) groups is 2. The summed E-state index contributed by atoms with van der Waals surface area (Å²) in [5, 5.41) is 19.9. The van der Waals surface area contributed by atoms with E-state index >= 15 is 0 Å². The van der Waals surface area contributed by atoms with E-state index in [1.54, 1.807) is 9.80 Å². The number of benzene rings is 1. The second-order valence-corrected chi connectivity index (χ2v) is 9.83. The molecule has 3 aliphatic heterocycles. The van der Waals surface area contributed by atoms with Crippen LogP contribution >= 0.6 is 11.6 Å². The summed E-state index contributed by atoms with van der Waals surface area (Å²) in [4.78, 5) is 35.9. The predicted molar refractivity (Wildman–Crippen MR) is 134 cm³/mol. The Morgan fingerprint density at radius 2 is 2.11 bits per heavy atom. The summed E-state index contributed by atoms with van der Waals surface area (Å²) in [7, 11) is 0. The first-order valence-electron chi connectivity index (χ1n) is 12.0. The van der Waals surface area contributed by atoms with Gasteiger partial charge in [-0.25, -0.2) is 9.37 Å². The molecule has 37 heavy (non-hydrogen) atoms. The first-order chi connectivity index (χ1) is 17.7. The zero-order valence-corrected chi connectivity index (χ0v) is 20.9. The molecule has 3 aliphatic rings. The van der Waals surface area contributed by atoms with Gasteiger partial charge in [-0.05, 0) is 31.6 Å². The van der Waals surface area contributed by atoms with Gasteiger partial charge >= 0.3 is 0 Å². The summed E-state index contributed by atoms with van der Waals surface area (Å²) in [6.07, 6.45) is 1.80. The molecule has 2 amide bonds. The highest BCUT2D eigenvalue weighted by molar-refractivity contribution is 6.35. The number of aromatic hydroxyl groups is 1. The minimum atomic E-state index is -0.736. The van der Waals surface area contributed by atoms with Gasteiger partial charge in [0.1, 0.15) is 40.3 Å². The number of phenolic OH excluding ortho intramolecular Hbond substituents is 1. The van der Waals surface area contributed by atoms with Crippen LogP contribution in [-0.4, -0.2) is 76.6 Å². The number of phenols is 1. The van der Waals surface area contributed by atoms with Gasteiger partial charge in [-0.1, -0.05) is 24.2 Å². The number of hydrogen-bond donors (Lipinski definition) is 1. The molecule has 3 atom stereocenters. The van der Waals surface area contributed by atoms with Crippen LogP contribution in [0.25, 0.3) is 11.3 Å². The third-order valence-corrected chi connectivity index (χ3v) is 7.55. The number of hydrogen-bond acceptors (Lipinski definition) is 7. The molecule has 1 N–H and O–H groups in total. The van der Waals surface area contributed by atoms with Crippen molar-refractivity contribution in [2.24, 2.45) is 5.92 Å². The number of fused-ring (bicyclic) bond motifs is 2. The summed E-state index contributed by atoms with van der Waals surface area (Å²) >= 11 is 6.73. The number of piperazine rings is 1. The third-order valence-electron chi connectivity index (χ3n) is 7.20. The van der Waals surface area contributed by atoms with Gasteiger partial charge in [0.05, 0.1) is 23.6 Å². The summed E-state index contributed by atoms with van der Waals surface area (Å²) < 4.78 is 21.0. The zero-order chi connectivity index (χ0) is 26.4. The van der Waals surface area contributed by atoms with Gasteiger partial charge < -0.3 is 24.5 Å². The van der Waals surface area contributed by atoms with Crippen molar-refractivity contribution in [2.45, 2.75) is 25.4 Å². The first-order valence-corrected chi connectivity index (χ1v) is 12.4. The Morgan fingerprint density at radius 1 is 1.32 bits per heavy atom. The number of amides is 2. The number of aromatic nitrogens is 1. The summed E-state index contributed by atoms with van der Waals surface area (Å²) in [6.45, 7) is 6.68. The average molecular weight is 526 g/mol. The number of halogens is 2. The van der Waals surface area contributed by atoms with Crippen molar-refractivity contribution in [3.8, 4) is 28.8 Å². The number of rotatable bonds is 3. The van der Waals surface area contributed by atoms with Gasteiger partial charge in [-0.2, -0.15) is 5.26 Å². The Hall–Kier alpha value is -3.84. The maximum Gasteiger partial charge on any atom is 0.261 e. The smallest absolute Gasteiger partial charge is 0.261 e. The molecule has 0 radical (unpaired) electrons. The van der Waals surface area contributed by atoms with E-state index in [4.69, 9.17) is 16.3 Å². The molecule has 1 aromatic carbocycles. The number of pyridine rings is 1. The third kappa shape index (κ3) is 4.13. The van der Waals surface area contributed by atoms with Crippen LogP contribution in [0.2, 0.25) is 5.02 Å².